The highest BCUT2D eigenvalue weighted by atomic mass is 16.2. The summed E-state index contributed by atoms with van der Waals surface area (Å²) in [6.45, 7) is 3.84. The second-order valence-corrected chi connectivity index (χ2v) is 6.07. The van der Waals surface area contributed by atoms with Crippen LogP contribution in [0.15, 0.2) is 54.6 Å². The van der Waals surface area contributed by atoms with E-state index in [-0.39, 0.29) is 12.3 Å². The van der Waals surface area contributed by atoms with Crippen LogP contribution in [0.25, 0.3) is 5.69 Å². The first kappa shape index (κ1) is 17.4. The van der Waals surface area contributed by atoms with Gasteiger partial charge in [0.1, 0.15) is 0 Å². The number of amides is 2. The number of aromatic nitrogens is 2. The van der Waals surface area contributed by atoms with Gasteiger partial charge in [-0.25, -0.2) is 4.68 Å². The van der Waals surface area contributed by atoms with E-state index in [0.717, 1.165) is 22.6 Å². The Morgan fingerprint density at radius 1 is 1.08 bits per heavy atom. The highest BCUT2D eigenvalue weighted by Gasteiger charge is 2.16. The molecule has 0 saturated heterocycles. The van der Waals surface area contributed by atoms with Gasteiger partial charge < -0.3 is 11.1 Å². The van der Waals surface area contributed by atoms with E-state index >= 15 is 0 Å². The number of rotatable bonds is 5. The second kappa shape index (κ2) is 7.23. The Balaban J connectivity index is 1.79. The number of nitrogens with two attached hydrogens (primary N) is 1. The number of carbonyl (C=O) groups is 2. The second-order valence-electron chi connectivity index (χ2n) is 6.07. The average Bonchev–Trinajstić information content (AvgIpc) is 2.91. The highest BCUT2D eigenvalue weighted by Crippen LogP contribution is 2.19. The normalized spacial score (nSPS) is 10.5. The minimum atomic E-state index is -0.531. The predicted molar refractivity (Wildman–Crippen MR) is 100 cm³/mol. The van der Waals surface area contributed by atoms with Crippen LogP contribution < -0.4 is 11.1 Å². The van der Waals surface area contributed by atoms with E-state index in [1.54, 1.807) is 24.3 Å². The standard InChI is InChI=1S/C20H20N4O2/c1-13-18(14(2)24(23-13)17-9-4-3-5-10-17)12-19(25)22-16-8-6-7-15(11-16)20(21)26/h3-11H,12H2,1-2H3,(H2,21,26)(H,22,25). The van der Waals surface area contributed by atoms with Gasteiger partial charge in [0.2, 0.25) is 11.8 Å². The third-order valence-corrected chi connectivity index (χ3v) is 4.21. The Morgan fingerprint density at radius 2 is 1.81 bits per heavy atom. The molecule has 0 aliphatic heterocycles. The van der Waals surface area contributed by atoms with Crippen LogP contribution in [0.1, 0.15) is 27.3 Å². The maximum atomic E-state index is 12.4. The molecule has 0 spiro atoms. The summed E-state index contributed by atoms with van der Waals surface area (Å²) in [5.74, 6) is -0.706. The van der Waals surface area contributed by atoms with Crippen LogP contribution in [0.2, 0.25) is 0 Å². The zero-order chi connectivity index (χ0) is 18.7. The van der Waals surface area contributed by atoms with Crippen LogP contribution in [0.5, 0.6) is 0 Å². The van der Waals surface area contributed by atoms with E-state index < -0.39 is 5.91 Å². The minimum Gasteiger partial charge on any atom is -0.366 e. The summed E-state index contributed by atoms with van der Waals surface area (Å²) in [5, 5.41) is 7.36. The molecule has 132 valence electrons. The highest BCUT2D eigenvalue weighted by molar-refractivity contribution is 5.96. The molecular weight excluding hydrogens is 328 g/mol. The molecule has 1 heterocycles. The van der Waals surface area contributed by atoms with E-state index in [4.69, 9.17) is 5.73 Å². The average molecular weight is 348 g/mol. The van der Waals surface area contributed by atoms with Gasteiger partial charge in [0.15, 0.2) is 0 Å². The van der Waals surface area contributed by atoms with Gasteiger partial charge in [0.05, 0.1) is 17.8 Å². The third kappa shape index (κ3) is 3.64. The molecule has 0 saturated carbocycles. The van der Waals surface area contributed by atoms with Gasteiger partial charge in [-0.3, -0.25) is 9.59 Å². The van der Waals surface area contributed by atoms with Crippen molar-refractivity contribution < 1.29 is 9.59 Å². The zero-order valence-electron chi connectivity index (χ0n) is 14.7. The summed E-state index contributed by atoms with van der Waals surface area (Å²) in [5.41, 5.74) is 9.74. The number of nitrogens with one attached hydrogen (secondary N) is 1. The summed E-state index contributed by atoms with van der Waals surface area (Å²) in [4.78, 5) is 23.7. The van der Waals surface area contributed by atoms with Crippen LogP contribution >= 0.6 is 0 Å². The summed E-state index contributed by atoms with van der Waals surface area (Å²) < 4.78 is 1.84. The van der Waals surface area contributed by atoms with Gasteiger partial charge in [-0.15, -0.1) is 0 Å². The van der Waals surface area contributed by atoms with Crippen molar-refractivity contribution in [1.29, 1.82) is 0 Å². The number of hydrogen-bond acceptors (Lipinski definition) is 3. The summed E-state index contributed by atoms with van der Waals surface area (Å²) in [6, 6.07) is 16.4. The van der Waals surface area contributed by atoms with Gasteiger partial charge in [-0.05, 0) is 44.2 Å². The van der Waals surface area contributed by atoms with Crippen molar-refractivity contribution in [2.24, 2.45) is 5.73 Å². The van der Waals surface area contributed by atoms with E-state index in [1.807, 2.05) is 48.9 Å². The monoisotopic (exact) mass is 348 g/mol. The maximum absolute atomic E-state index is 12.4. The fourth-order valence-electron chi connectivity index (χ4n) is 2.87. The smallest absolute Gasteiger partial charge is 0.248 e. The van der Waals surface area contributed by atoms with E-state index in [1.165, 1.54) is 0 Å². The first-order valence-electron chi connectivity index (χ1n) is 8.26. The van der Waals surface area contributed by atoms with E-state index in [0.29, 0.717) is 11.3 Å². The number of carbonyl (C=O) groups excluding carboxylic acids is 2. The molecule has 3 rings (SSSR count). The first-order chi connectivity index (χ1) is 12.5. The number of benzene rings is 2. The SMILES string of the molecule is Cc1nn(-c2ccccc2)c(C)c1CC(=O)Nc1cccc(C(N)=O)c1. The lowest BCUT2D eigenvalue weighted by atomic mass is 10.1. The Bertz CT molecular complexity index is 961. The molecule has 1 aromatic heterocycles. The molecule has 0 fully saturated rings. The van der Waals surface area contributed by atoms with Crippen molar-refractivity contribution >= 4 is 17.5 Å². The molecule has 0 aliphatic rings. The Hall–Kier alpha value is -3.41. The molecule has 6 heteroatoms. The lowest BCUT2D eigenvalue weighted by Crippen LogP contribution is -2.16. The van der Waals surface area contributed by atoms with Gasteiger partial charge in [-0.2, -0.15) is 5.10 Å². The maximum Gasteiger partial charge on any atom is 0.248 e. The summed E-state index contributed by atoms with van der Waals surface area (Å²) >= 11 is 0. The number of hydrogen-bond donors (Lipinski definition) is 2. The molecule has 0 bridgehead atoms. The fourth-order valence-corrected chi connectivity index (χ4v) is 2.87. The van der Waals surface area contributed by atoms with Gasteiger partial charge in [0, 0.05) is 22.5 Å². The van der Waals surface area contributed by atoms with E-state index in [2.05, 4.69) is 10.4 Å². The van der Waals surface area contributed by atoms with Crippen molar-refractivity contribution in [1.82, 2.24) is 9.78 Å². The largest absolute Gasteiger partial charge is 0.366 e. The number of nitrogens with zero attached hydrogens (tertiary/aromatic N) is 2. The van der Waals surface area contributed by atoms with Gasteiger partial charge >= 0.3 is 0 Å². The van der Waals surface area contributed by atoms with Crippen molar-refractivity contribution in [3.63, 3.8) is 0 Å². The van der Waals surface area contributed by atoms with Gasteiger partial charge in [0.25, 0.3) is 0 Å². The van der Waals surface area contributed by atoms with Crippen LogP contribution in [0, 0.1) is 13.8 Å². The van der Waals surface area contributed by atoms with Crippen molar-refractivity contribution in [3.05, 3.63) is 77.1 Å². The molecule has 0 radical (unpaired) electrons. The molecule has 3 N–H and O–H groups in total. The molecule has 2 amide bonds. The van der Waals surface area contributed by atoms with Crippen LogP contribution in [-0.2, 0) is 11.2 Å². The lowest BCUT2D eigenvalue weighted by molar-refractivity contribution is -0.115. The molecule has 3 aromatic rings. The Morgan fingerprint density at radius 3 is 2.50 bits per heavy atom. The quantitative estimate of drug-likeness (QED) is 0.743. The van der Waals surface area contributed by atoms with Crippen LogP contribution in [-0.4, -0.2) is 21.6 Å². The number of primary amides is 1. The number of anilines is 1. The molecule has 26 heavy (non-hydrogen) atoms. The Kier molecular flexibility index (Phi) is 4.84. The van der Waals surface area contributed by atoms with Crippen molar-refractivity contribution in [3.8, 4) is 5.69 Å². The molecule has 0 unspecified atom stereocenters. The molecule has 0 atom stereocenters. The lowest BCUT2D eigenvalue weighted by Gasteiger charge is -2.07. The first-order valence-corrected chi connectivity index (χ1v) is 8.26. The minimum absolute atomic E-state index is 0.176. The van der Waals surface area contributed by atoms with Gasteiger partial charge in [-0.1, -0.05) is 24.3 Å². The molecule has 0 aliphatic carbocycles. The summed E-state index contributed by atoms with van der Waals surface area (Å²) in [7, 11) is 0. The predicted octanol–water partition coefficient (Wildman–Crippen LogP) is 2.77. The molecule has 2 aromatic carbocycles. The fraction of sp³-hybridized carbons (Fsp3) is 0.150. The number of aryl methyl sites for hydroxylation is 1. The Labute approximate surface area is 151 Å². The third-order valence-electron chi connectivity index (χ3n) is 4.21. The van der Waals surface area contributed by atoms with Crippen molar-refractivity contribution in [2.45, 2.75) is 20.3 Å². The topological polar surface area (TPSA) is 90.0 Å². The van der Waals surface area contributed by atoms with E-state index in [9.17, 15) is 9.59 Å². The van der Waals surface area contributed by atoms with Crippen LogP contribution in [0.4, 0.5) is 5.69 Å². The summed E-state index contributed by atoms with van der Waals surface area (Å²) in [6.07, 6.45) is 0.200. The zero-order valence-corrected chi connectivity index (χ0v) is 14.7. The molecular formula is C20H20N4O2. The van der Waals surface area contributed by atoms with Crippen molar-refractivity contribution in [2.75, 3.05) is 5.32 Å². The number of para-hydroxylation sites is 1. The molecule has 6 nitrogen and oxygen atoms in total. The van der Waals surface area contributed by atoms with Crippen LogP contribution in [0.3, 0.4) is 0 Å².